The second-order valence-electron chi connectivity index (χ2n) is 4.87. The van der Waals surface area contributed by atoms with Gasteiger partial charge < -0.3 is 10.3 Å². The van der Waals surface area contributed by atoms with Crippen molar-refractivity contribution >= 4 is 46.8 Å². The number of benzene rings is 2. The van der Waals surface area contributed by atoms with Crippen LogP contribution in [0.15, 0.2) is 53.5 Å². The summed E-state index contributed by atoms with van der Waals surface area (Å²) in [7, 11) is 0. The van der Waals surface area contributed by atoms with Crippen molar-refractivity contribution in [1.29, 1.82) is 0 Å². The normalized spacial score (nSPS) is 11.2. The Bertz CT molecular complexity index is 938. The molecule has 5 nitrogen and oxygen atoms in total. The number of aromatic hydroxyl groups is 1. The molecule has 3 aromatic rings. The molecule has 1 N–H and O–H groups in total. The van der Waals surface area contributed by atoms with Crippen molar-refractivity contribution in [2.45, 2.75) is 0 Å². The Morgan fingerprint density at radius 1 is 1.22 bits per heavy atom. The summed E-state index contributed by atoms with van der Waals surface area (Å²) in [6.45, 7) is 3.26. The fourth-order valence-corrected chi connectivity index (χ4v) is 2.30. The number of phenolic OH excluding ortho intramolecular Hbond substituents is 1. The highest BCUT2D eigenvalue weighted by Crippen LogP contribution is 2.30. The Balaban J connectivity index is 2.01. The highest BCUT2D eigenvalue weighted by molar-refractivity contribution is 6.32. The van der Waals surface area contributed by atoms with Gasteiger partial charge in [0.05, 0.1) is 5.52 Å². The second kappa shape index (κ2) is 6.06. The number of pyridine rings is 1. The number of aromatic nitrogens is 1. The molecule has 0 saturated heterocycles. The Morgan fingerprint density at radius 3 is 2.78 bits per heavy atom. The minimum Gasteiger partial charge on any atom is -0.619 e. The van der Waals surface area contributed by atoms with Gasteiger partial charge in [-0.05, 0) is 18.2 Å². The largest absolute Gasteiger partial charge is 0.619 e. The molecule has 1 aromatic heterocycles. The lowest BCUT2D eigenvalue weighted by molar-refractivity contribution is -0.349. The van der Waals surface area contributed by atoms with Gasteiger partial charge in [0.15, 0.2) is 0 Å². The summed E-state index contributed by atoms with van der Waals surface area (Å²) in [5, 5.41) is 22.3. The molecule has 3 rings (SSSR count). The molecule has 0 atom stereocenters. The Labute approximate surface area is 137 Å². The lowest BCUT2D eigenvalue weighted by Crippen LogP contribution is -1.90. The number of fused-ring (bicyclic) bond motifs is 1. The predicted molar refractivity (Wildman–Crippen MR) is 92.5 cm³/mol. The number of hydrogen-bond donors (Lipinski definition) is 1. The SMILES string of the molecule is C=[N+]([O-])c1ccc(O)c(N=Cc2cc3ccccc3nc2Cl)c1. The van der Waals surface area contributed by atoms with Crippen molar-refractivity contribution < 1.29 is 9.85 Å². The summed E-state index contributed by atoms with van der Waals surface area (Å²) >= 11 is 6.16. The quantitative estimate of drug-likeness (QED) is 0.258. The Morgan fingerprint density at radius 2 is 2.00 bits per heavy atom. The van der Waals surface area contributed by atoms with E-state index in [4.69, 9.17) is 11.6 Å². The number of rotatable bonds is 3. The molecular weight excluding hydrogens is 314 g/mol. The van der Waals surface area contributed by atoms with Crippen LogP contribution in [0.5, 0.6) is 5.75 Å². The minimum absolute atomic E-state index is 0.0447. The van der Waals surface area contributed by atoms with Gasteiger partial charge >= 0.3 is 0 Å². The first kappa shape index (κ1) is 15.0. The third kappa shape index (κ3) is 3.14. The molecule has 23 heavy (non-hydrogen) atoms. The number of phenols is 1. The zero-order valence-electron chi connectivity index (χ0n) is 12.0. The Kier molecular flexibility index (Phi) is 3.95. The first-order valence-corrected chi connectivity index (χ1v) is 7.12. The molecule has 0 fully saturated rings. The zero-order valence-corrected chi connectivity index (χ0v) is 12.7. The molecule has 0 aliphatic rings. The highest BCUT2D eigenvalue weighted by atomic mass is 35.5. The van der Waals surface area contributed by atoms with Crippen LogP contribution in [0.3, 0.4) is 0 Å². The summed E-state index contributed by atoms with van der Waals surface area (Å²) in [4.78, 5) is 8.49. The summed E-state index contributed by atoms with van der Waals surface area (Å²) in [5.41, 5.74) is 1.94. The average Bonchev–Trinajstić information content (AvgIpc) is 2.54. The van der Waals surface area contributed by atoms with E-state index in [9.17, 15) is 10.3 Å². The van der Waals surface area contributed by atoms with Crippen molar-refractivity contribution in [2.75, 3.05) is 0 Å². The van der Waals surface area contributed by atoms with E-state index in [1.165, 1.54) is 24.4 Å². The third-order valence-corrected chi connectivity index (χ3v) is 3.60. The predicted octanol–water partition coefficient (Wildman–Crippen LogP) is 4.19. The van der Waals surface area contributed by atoms with E-state index < -0.39 is 0 Å². The first-order valence-electron chi connectivity index (χ1n) is 6.75. The fourth-order valence-electron chi connectivity index (χ4n) is 2.11. The van der Waals surface area contributed by atoms with Crippen molar-refractivity contribution in [3.63, 3.8) is 0 Å². The van der Waals surface area contributed by atoms with Crippen molar-refractivity contribution in [3.8, 4) is 5.75 Å². The second-order valence-corrected chi connectivity index (χ2v) is 5.23. The van der Waals surface area contributed by atoms with E-state index in [1.54, 1.807) is 0 Å². The number of hydrogen-bond acceptors (Lipinski definition) is 4. The first-order chi connectivity index (χ1) is 11.0. The molecular formula is C17H12ClN3O2. The number of aliphatic imine (C=N–C) groups is 1. The van der Waals surface area contributed by atoms with E-state index in [-0.39, 0.29) is 17.1 Å². The topological polar surface area (TPSA) is 71.5 Å². The van der Waals surface area contributed by atoms with Gasteiger partial charge in [-0.1, -0.05) is 29.8 Å². The monoisotopic (exact) mass is 325 g/mol. The van der Waals surface area contributed by atoms with Crippen LogP contribution in [-0.4, -0.2) is 27.8 Å². The van der Waals surface area contributed by atoms with Crippen molar-refractivity contribution in [1.82, 2.24) is 4.98 Å². The molecule has 0 spiro atoms. The highest BCUT2D eigenvalue weighted by Gasteiger charge is 2.07. The van der Waals surface area contributed by atoms with Crippen LogP contribution in [0, 0.1) is 5.21 Å². The zero-order chi connectivity index (χ0) is 16.4. The molecule has 0 bridgehead atoms. The van der Waals surface area contributed by atoms with Gasteiger partial charge in [-0.25, -0.2) is 4.98 Å². The van der Waals surface area contributed by atoms with Gasteiger partial charge in [-0.3, -0.25) is 4.99 Å². The lowest BCUT2D eigenvalue weighted by atomic mass is 10.2. The van der Waals surface area contributed by atoms with Crippen molar-refractivity contribution in [2.24, 2.45) is 4.99 Å². The lowest BCUT2D eigenvalue weighted by Gasteiger charge is -2.04. The standard InChI is InChI=1S/C17H12ClN3O2/c1-21(23)13-6-7-16(22)15(9-13)19-10-12-8-11-4-2-3-5-14(11)20-17(12)18/h2-10,22H,1H2. The number of halogens is 1. The molecule has 0 amide bonds. The maximum Gasteiger partial charge on any atom is 0.218 e. The molecule has 0 aliphatic heterocycles. The molecule has 1 heterocycles. The average molecular weight is 326 g/mol. The van der Waals surface area contributed by atoms with Crippen LogP contribution < -0.4 is 0 Å². The van der Waals surface area contributed by atoms with E-state index in [0.717, 1.165) is 10.9 Å². The molecule has 0 aliphatic carbocycles. The van der Waals surface area contributed by atoms with Crippen LogP contribution in [-0.2, 0) is 0 Å². The van der Waals surface area contributed by atoms with Crippen LogP contribution in [0.25, 0.3) is 10.9 Å². The van der Waals surface area contributed by atoms with Gasteiger partial charge in [0.2, 0.25) is 5.69 Å². The number of nitrogens with zero attached hydrogens (tertiary/aromatic N) is 3. The van der Waals surface area contributed by atoms with Crippen LogP contribution >= 0.6 is 11.6 Å². The van der Waals surface area contributed by atoms with Gasteiger partial charge in [0.25, 0.3) is 0 Å². The van der Waals surface area contributed by atoms with E-state index in [2.05, 4.69) is 16.7 Å². The van der Waals surface area contributed by atoms with Crippen LogP contribution in [0.4, 0.5) is 11.4 Å². The maximum atomic E-state index is 11.2. The summed E-state index contributed by atoms with van der Waals surface area (Å²) in [6.07, 6.45) is 1.50. The minimum atomic E-state index is -0.0447. The van der Waals surface area contributed by atoms with E-state index >= 15 is 0 Å². The van der Waals surface area contributed by atoms with E-state index in [1.807, 2.05) is 30.3 Å². The fraction of sp³-hybridized carbons (Fsp3) is 0. The van der Waals surface area contributed by atoms with Gasteiger partial charge in [-0.15, -0.1) is 0 Å². The summed E-state index contributed by atoms with van der Waals surface area (Å²) in [6, 6.07) is 13.7. The van der Waals surface area contributed by atoms with Crippen LogP contribution in [0.1, 0.15) is 5.56 Å². The number of para-hydroxylation sites is 1. The summed E-state index contributed by atoms with van der Waals surface area (Å²) in [5.74, 6) is -0.0447. The van der Waals surface area contributed by atoms with Gasteiger partial charge in [-0.2, -0.15) is 4.74 Å². The third-order valence-electron chi connectivity index (χ3n) is 3.29. The molecule has 2 aromatic carbocycles. The molecule has 6 heteroatoms. The Hall–Kier alpha value is -2.92. The van der Waals surface area contributed by atoms with Gasteiger partial charge in [0, 0.05) is 29.3 Å². The van der Waals surface area contributed by atoms with E-state index in [0.29, 0.717) is 15.5 Å². The summed E-state index contributed by atoms with van der Waals surface area (Å²) < 4.78 is 0.447. The van der Waals surface area contributed by atoms with Crippen LogP contribution in [0.2, 0.25) is 5.15 Å². The van der Waals surface area contributed by atoms with Crippen molar-refractivity contribution in [3.05, 3.63) is 64.5 Å². The maximum absolute atomic E-state index is 11.2. The molecule has 114 valence electrons. The molecule has 0 radical (unpaired) electrons. The smallest absolute Gasteiger partial charge is 0.218 e. The molecule has 0 saturated carbocycles. The van der Waals surface area contributed by atoms with Gasteiger partial charge in [0.1, 0.15) is 23.3 Å². The molecule has 0 unspecified atom stereocenters.